The lowest BCUT2D eigenvalue weighted by molar-refractivity contribution is 0.0695. The van der Waals surface area contributed by atoms with Crippen LogP contribution in [0.1, 0.15) is 34.3 Å². The summed E-state index contributed by atoms with van der Waals surface area (Å²) in [6, 6.07) is 21.6. The predicted molar refractivity (Wildman–Crippen MR) is 84.9 cm³/mol. The van der Waals surface area contributed by atoms with Gasteiger partial charge in [-0.2, -0.15) is 0 Å². The summed E-state index contributed by atoms with van der Waals surface area (Å²) in [7, 11) is 0. The van der Waals surface area contributed by atoms with Crippen LogP contribution in [0.15, 0.2) is 66.7 Å². The number of aromatic carboxylic acids is 1. The third-order valence-corrected chi connectivity index (χ3v) is 3.95. The van der Waals surface area contributed by atoms with Gasteiger partial charge in [0.05, 0.1) is 5.56 Å². The predicted octanol–water partition coefficient (Wildman–Crippen LogP) is 4.69. The van der Waals surface area contributed by atoms with Gasteiger partial charge < -0.3 is 5.11 Å². The molecule has 0 saturated heterocycles. The Balaban J connectivity index is 2.18. The SMILES string of the molecule is CC(c1ccccc1C(=O)O)c1cccc2ccccc12. The molecule has 2 heteroatoms. The van der Waals surface area contributed by atoms with E-state index in [1.807, 2.05) is 30.3 Å². The van der Waals surface area contributed by atoms with Gasteiger partial charge in [-0.3, -0.25) is 0 Å². The molecule has 0 spiro atoms. The van der Waals surface area contributed by atoms with Crippen molar-refractivity contribution in [2.24, 2.45) is 0 Å². The van der Waals surface area contributed by atoms with Gasteiger partial charge in [-0.25, -0.2) is 4.79 Å². The summed E-state index contributed by atoms with van der Waals surface area (Å²) in [5.41, 5.74) is 2.38. The Kier molecular flexibility index (Phi) is 3.44. The van der Waals surface area contributed by atoms with Gasteiger partial charge >= 0.3 is 5.97 Å². The van der Waals surface area contributed by atoms with Crippen LogP contribution in [0.2, 0.25) is 0 Å². The van der Waals surface area contributed by atoms with Gasteiger partial charge in [-0.05, 0) is 28.0 Å². The van der Waals surface area contributed by atoms with Crippen LogP contribution in [0, 0.1) is 0 Å². The molecule has 2 nitrogen and oxygen atoms in total. The van der Waals surface area contributed by atoms with E-state index < -0.39 is 5.97 Å². The first-order chi connectivity index (χ1) is 10.2. The van der Waals surface area contributed by atoms with Gasteiger partial charge in [0.1, 0.15) is 0 Å². The molecule has 0 heterocycles. The first kappa shape index (κ1) is 13.4. The maximum absolute atomic E-state index is 11.4. The fourth-order valence-corrected chi connectivity index (χ4v) is 2.86. The van der Waals surface area contributed by atoms with E-state index in [4.69, 9.17) is 0 Å². The monoisotopic (exact) mass is 276 g/mol. The van der Waals surface area contributed by atoms with Crippen molar-refractivity contribution >= 4 is 16.7 Å². The van der Waals surface area contributed by atoms with Crippen LogP contribution in [-0.4, -0.2) is 11.1 Å². The summed E-state index contributed by atoms with van der Waals surface area (Å²) in [6.07, 6.45) is 0. The minimum Gasteiger partial charge on any atom is -0.478 e. The highest BCUT2D eigenvalue weighted by atomic mass is 16.4. The quantitative estimate of drug-likeness (QED) is 0.753. The normalized spacial score (nSPS) is 12.2. The molecule has 104 valence electrons. The van der Waals surface area contributed by atoms with Crippen LogP contribution in [-0.2, 0) is 0 Å². The Labute approximate surface area is 123 Å². The first-order valence-corrected chi connectivity index (χ1v) is 6.98. The molecule has 3 rings (SSSR count). The molecule has 0 radical (unpaired) electrons. The van der Waals surface area contributed by atoms with E-state index in [1.54, 1.807) is 12.1 Å². The standard InChI is InChI=1S/C19H16O2/c1-13(16-9-4-5-11-18(16)19(20)21)15-12-6-8-14-7-2-3-10-17(14)15/h2-13H,1H3,(H,20,21). The minimum absolute atomic E-state index is 0.0309. The fourth-order valence-electron chi connectivity index (χ4n) is 2.86. The zero-order chi connectivity index (χ0) is 14.8. The van der Waals surface area contributed by atoms with E-state index in [-0.39, 0.29) is 5.92 Å². The van der Waals surface area contributed by atoms with Crippen molar-refractivity contribution in [3.8, 4) is 0 Å². The fraction of sp³-hybridized carbons (Fsp3) is 0.105. The van der Waals surface area contributed by atoms with Crippen LogP contribution >= 0.6 is 0 Å². The number of benzene rings is 3. The van der Waals surface area contributed by atoms with E-state index in [9.17, 15) is 9.90 Å². The van der Waals surface area contributed by atoms with Crippen LogP contribution < -0.4 is 0 Å². The molecule has 1 N–H and O–H groups in total. The molecule has 0 fully saturated rings. The second kappa shape index (κ2) is 5.41. The molecule has 3 aromatic carbocycles. The molecule has 21 heavy (non-hydrogen) atoms. The Bertz CT molecular complexity index is 800. The van der Waals surface area contributed by atoms with E-state index in [2.05, 4.69) is 31.2 Å². The molecular weight excluding hydrogens is 260 g/mol. The maximum Gasteiger partial charge on any atom is 0.335 e. The minimum atomic E-state index is -0.877. The topological polar surface area (TPSA) is 37.3 Å². The van der Waals surface area contributed by atoms with E-state index in [1.165, 1.54) is 10.8 Å². The number of rotatable bonds is 3. The molecular formula is C19H16O2. The van der Waals surface area contributed by atoms with Gasteiger partial charge in [0, 0.05) is 5.92 Å². The van der Waals surface area contributed by atoms with E-state index in [0.717, 1.165) is 11.1 Å². The van der Waals surface area contributed by atoms with Crippen molar-refractivity contribution in [2.45, 2.75) is 12.8 Å². The van der Waals surface area contributed by atoms with Crippen LogP contribution in [0.4, 0.5) is 0 Å². The van der Waals surface area contributed by atoms with Crippen molar-refractivity contribution < 1.29 is 9.90 Å². The van der Waals surface area contributed by atoms with E-state index >= 15 is 0 Å². The first-order valence-electron chi connectivity index (χ1n) is 6.98. The molecule has 0 amide bonds. The largest absolute Gasteiger partial charge is 0.478 e. The summed E-state index contributed by atoms with van der Waals surface area (Å²) in [6.45, 7) is 2.06. The number of fused-ring (bicyclic) bond motifs is 1. The maximum atomic E-state index is 11.4. The summed E-state index contributed by atoms with van der Waals surface area (Å²) in [5, 5.41) is 11.7. The van der Waals surface area contributed by atoms with Gasteiger partial charge in [0.2, 0.25) is 0 Å². The van der Waals surface area contributed by atoms with Crippen molar-refractivity contribution in [2.75, 3.05) is 0 Å². The van der Waals surface area contributed by atoms with Crippen LogP contribution in [0.5, 0.6) is 0 Å². The number of hydrogen-bond donors (Lipinski definition) is 1. The van der Waals surface area contributed by atoms with Crippen molar-refractivity contribution in [3.63, 3.8) is 0 Å². The summed E-state index contributed by atoms with van der Waals surface area (Å²) >= 11 is 0. The summed E-state index contributed by atoms with van der Waals surface area (Å²) < 4.78 is 0. The highest BCUT2D eigenvalue weighted by Gasteiger charge is 2.17. The lowest BCUT2D eigenvalue weighted by Crippen LogP contribution is -2.06. The molecule has 3 aromatic rings. The molecule has 0 bridgehead atoms. The molecule has 0 aliphatic heterocycles. The number of carboxylic acids is 1. The number of hydrogen-bond acceptors (Lipinski definition) is 1. The van der Waals surface area contributed by atoms with Crippen LogP contribution in [0.25, 0.3) is 10.8 Å². The average molecular weight is 276 g/mol. The Morgan fingerprint density at radius 2 is 1.48 bits per heavy atom. The second-order valence-corrected chi connectivity index (χ2v) is 5.18. The Morgan fingerprint density at radius 3 is 2.29 bits per heavy atom. The lowest BCUT2D eigenvalue weighted by Gasteiger charge is -2.17. The van der Waals surface area contributed by atoms with Gasteiger partial charge in [0.25, 0.3) is 0 Å². The van der Waals surface area contributed by atoms with E-state index in [0.29, 0.717) is 5.56 Å². The molecule has 1 unspecified atom stereocenters. The molecule has 0 aliphatic carbocycles. The third-order valence-electron chi connectivity index (χ3n) is 3.95. The smallest absolute Gasteiger partial charge is 0.335 e. The Hall–Kier alpha value is -2.61. The summed E-state index contributed by atoms with van der Waals surface area (Å²) in [4.78, 5) is 11.4. The van der Waals surface area contributed by atoms with Gasteiger partial charge in [0.15, 0.2) is 0 Å². The highest BCUT2D eigenvalue weighted by Crippen LogP contribution is 2.32. The third kappa shape index (κ3) is 2.40. The number of carbonyl (C=O) groups is 1. The lowest BCUT2D eigenvalue weighted by atomic mass is 9.87. The number of carboxylic acid groups (broad SMARTS) is 1. The van der Waals surface area contributed by atoms with Crippen molar-refractivity contribution in [3.05, 3.63) is 83.4 Å². The highest BCUT2D eigenvalue weighted by molar-refractivity contribution is 5.91. The van der Waals surface area contributed by atoms with Crippen molar-refractivity contribution in [1.82, 2.24) is 0 Å². The van der Waals surface area contributed by atoms with Gasteiger partial charge in [-0.15, -0.1) is 0 Å². The summed E-state index contributed by atoms with van der Waals surface area (Å²) in [5.74, 6) is -0.846. The zero-order valence-electron chi connectivity index (χ0n) is 11.8. The second-order valence-electron chi connectivity index (χ2n) is 5.18. The molecule has 0 aromatic heterocycles. The van der Waals surface area contributed by atoms with Crippen LogP contribution in [0.3, 0.4) is 0 Å². The Morgan fingerprint density at radius 1 is 0.857 bits per heavy atom. The van der Waals surface area contributed by atoms with Crippen molar-refractivity contribution in [1.29, 1.82) is 0 Å². The zero-order valence-corrected chi connectivity index (χ0v) is 11.8. The van der Waals surface area contributed by atoms with Gasteiger partial charge in [-0.1, -0.05) is 67.6 Å². The molecule has 0 aliphatic rings. The average Bonchev–Trinajstić information content (AvgIpc) is 2.53. The molecule has 1 atom stereocenters. The molecule has 0 saturated carbocycles.